The van der Waals surface area contributed by atoms with Crippen molar-refractivity contribution in [3.63, 3.8) is 0 Å². The molecule has 2 rings (SSSR count). The molecule has 2 aromatic rings. The lowest BCUT2D eigenvalue weighted by Gasteiger charge is -2.06. The molecule has 0 unspecified atom stereocenters. The highest BCUT2D eigenvalue weighted by atomic mass is 32.2. The van der Waals surface area contributed by atoms with Crippen LogP contribution in [0.3, 0.4) is 0 Å². The molecule has 1 aromatic heterocycles. The lowest BCUT2D eigenvalue weighted by molar-refractivity contribution is 0.0594. The van der Waals surface area contributed by atoms with E-state index in [1.165, 1.54) is 18.4 Å². The van der Waals surface area contributed by atoms with Gasteiger partial charge >= 0.3 is 5.97 Å². The minimum atomic E-state index is -0.403. The molecular weight excluding hydrogens is 280 g/mol. The Morgan fingerprint density at radius 1 is 1.42 bits per heavy atom. The van der Waals surface area contributed by atoms with Crippen molar-refractivity contribution in [3.05, 3.63) is 34.8 Å². The summed E-state index contributed by atoms with van der Waals surface area (Å²) in [6.45, 7) is 1.86. The molecule has 0 aliphatic carbocycles. The van der Waals surface area contributed by atoms with Crippen LogP contribution in [0.1, 0.15) is 15.4 Å². The van der Waals surface area contributed by atoms with Crippen LogP contribution in [0.15, 0.2) is 29.2 Å². The summed E-state index contributed by atoms with van der Waals surface area (Å²) in [6.07, 6.45) is 2.02. The number of benzene rings is 1. The third kappa shape index (κ3) is 3.08. The van der Waals surface area contributed by atoms with E-state index in [9.17, 15) is 4.79 Å². The van der Waals surface area contributed by atoms with E-state index in [2.05, 4.69) is 10.3 Å². The Kier molecular flexibility index (Phi) is 4.44. The van der Waals surface area contributed by atoms with Gasteiger partial charge in [0.05, 0.1) is 12.8 Å². The predicted octanol–water partition coefficient (Wildman–Crippen LogP) is 3.70. The van der Waals surface area contributed by atoms with Crippen LogP contribution >= 0.6 is 23.1 Å². The van der Waals surface area contributed by atoms with Crippen LogP contribution in [-0.2, 0) is 4.74 Å². The van der Waals surface area contributed by atoms with Crippen LogP contribution in [0.4, 0.5) is 10.8 Å². The van der Waals surface area contributed by atoms with Gasteiger partial charge in [0.1, 0.15) is 0 Å². The maximum Gasteiger partial charge on any atom is 0.357 e. The molecule has 0 amide bonds. The molecule has 19 heavy (non-hydrogen) atoms. The van der Waals surface area contributed by atoms with Crippen LogP contribution in [0, 0.1) is 6.92 Å². The highest BCUT2D eigenvalue weighted by Gasteiger charge is 2.16. The van der Waals surface area contributed by atoms with Gasteiger partial charge in [-0.05, 0) is 25.3 Å². The Morgan fingerprint density at radius 3 is 2.84 bits per heavy atom. The number of hydrogen-bond donors (Lipinski definition) is 1. The fourth-order valence-corrected chi connectivity index (χ4v) is 2.97. The van der Waals surface area contributed by atoms with Gasteiger partial charge in [-0.15, -0.1) is 23.1 Å². The van der Waals surface area contributed by atoms with E-state index >= 15 is 0 Å². The van der Waals surface area contributed by atoms with Crippen molar-refractivity contribution in [2.75, 3.05) is 18.7 Å². The molecule has 0 spiro atoms. The Bertz CT molecular complexity index is 596. The number of hydrogen-bond acceptors (Lipinski definition) is 6. The smallest absolute Gasteiger partial charge is 0.357 e. The normalized spacial score (nSPS) is 10.3. The van der Waals surface area contributed by atoms with Gasteiger partial charge in [0, 0.05) is 9.77 Å². The predicted molar refractivity (Wildman–Crippen MR) is 79.7 cm³/mol. The summed E-state index contributed by atoms with van der Waals surface area (Å²) < 4.78 is 4.70. The molecule has 0 aliphatic rings. The third-order valence-corrected chi connectivity index (χ3v) is 4.21. The highest BCUT2D eigenvalue weighted by Crippen LogP contribution is 2.30. The van der Waals surface area contributed by atoms with Crippen LogP contribution < -0.4 is 5.32 Å². The van der Waals surface area contributed by atoms with Gasteiger partial charge in [0.25, 0.3) is 0 Å². The first-order valence-electron chi connectivity index (χ1n) is 5.61. The number of thioether (sulfide) groups is 1. The van der Waals surface area contributed by atoms with Crippen LogP contribution in [-0.4, -0.2) is 24.3 Å². The number of carbonyl (C=O) groups is 1. The largest absolute Gasteiger partial charge is 0.464 e. The first-order chi connectivity index (χ1) is 9.15. The van der Waals surface area contributed by atoms with Crippen molar-refractivity contribution in [1.82, 2.24) is 4.98 Å². The van der Waals surface area contributed by atoms with E-state index in [0.717, 1.165) is 15.5 Å². The van der Waals surface area contributed by atoms with E-state index in [1.807, 2.05) is 37.4 Å². The SMILES string of the molecule is COC(=O)c1nc(Nc2ccccc2SC)sc1C. The van der Waals surface area contributed by atoms with Crippen molar-refractivity contribution >= 4 is 39.9 Å². The minimum absolute atomic E-state index is 0.372. The summed E-state index contributed by atoms with van der Waals surface area (Å²) in [6, 6.07) is 7.97. The number of para-hydroxylation sites is 1. The Hall–Kier alpha value is -1.53. The molecule has 0 atom stereocenters. The van der Waals surface area contributed by atoms with Crippen LogP contribution in [0.2, 0.25) is 0 Å². The molecule has 0 saturated carbocycles. The second kappa shape index (κ2) is 6.08. The number of aromatic nitrogens is 1. The number of aryl methyl sites for hydroxylation is 1. The molecule has 1 N–H and O–H groups in total. The number of nitrogens with one attached hydrogen (secondary N) is 1. The van der Waals surface area contributed by atoms with E-state index in [-0.39, 0.29) is 0 Å². The first-order valence-corrected chi connectivity index (χ1v) is 7.65. The summed E-state index contributed by atoms with van der Waals surface area (Å²) in [4.78, 5) is 17.8. The standard InChI is InChI=1S/C13H14N2O2S2/c1-8-11(12(16)17-2)15-13(19-8)14-9-6-4-5-7-10(9)18-3/h4-7H,1-3H3,(H,14,15). The lowest BCUT2D eigenvalue weighted by atomic mass is 10.3. The molecule has 100 valence electrons. The van der Waals surface area contributed by atoms with Crippen LogP contribution in [0.25, 0.3) is 0 Å². The number of thiazole rings is 1. The van der Waals surface area contributed by atoms with Crippen molar-refractivity contribution < 1.29 is 9.53 Å². The monoisotopic (exact) mass is 294 g/mol. The van der Waals surface area contributed by atoms with Crippen molar-refractivity contribution in [1.29, 1.82) is 0 Å². The highest BCUT2D eigenvalue weighted by molar-refractivity contribution is 7.98. The number of methoxy groups -OCH3 is 1. The Morgan fingerprint density at radius 2 is 2.16 bits per heavy atom. The Balaban J connectivity index is 2.27. The fourth-order valence-electron chi connectivity index (χ4n) is 1.60. The number of nitrogens with zero attached hydrogens (tertiary/aromatic N) is 1. The van der Waals surface area contributed by atoms with E-state index in [0.29, 0.717) is 10.8 Å². The zero-order valence-corrected chi connectivity index (χ0v) is 12.5. The van der Waals surface area contributed by atoms with E-state index in [1.54, 1.807) is 11.8 Å². The molecule has 0 fully saturated rings. The molecule has 6 heteroatoms. The molecule has 1 heterocycles. The summed E-state index contributed by atoms with van der Waals surface area (Å²) in [5.74, 6) is -0.403. The topological polar surface area (TPSA) is 51.2 Å². The van der Waals surface area contributed by atoms with Crippen molar-refractivity contribution in [2.24, 2.45) is 0 Å². The molecule has 0 aliphatic heterocycles. The summed E-state index contributed by atoms with van der Waals surface area (Å²) >= 11 is 3.10. The van der Waals surface area contributed by atoms with E-state index < -0.39 is 5.97 Å². The van der Waals surface area contributed by atoms with Gasteiger partial charge in [-0.2, -0.15) is 0 Å². The zero-order valence-electron chi connectivity index (χ0n) is 10.9. The molecule has 0 bridgehead atoms. The number of carbonyl (C=O) groups excluding carboxylic acids is 1. The zero-order chi connectivity index (χ0) is 13.8. The van der Waals surface area contributed by atoms with Gasteiger partial charge < -0.3 is 10.1 Å². The molecule has 4 nitrogen and oxygen atoms in total. The summed E-state index contributed by atoms with van der Waals surface area (Å²) in [5.41, 5.74) is 1.36. The number of anilines is 2. The summed E-state index contributed by atoms with van der Waals surface area (Å²) in [5, 5.41) is 3.94. The average Bonchev–Trinajstić information content (AvgIpc) is 2.79. The van der Waals surface area contributed by atoms with Gasteiger partial charge in [-0.3, -0.25) is 0 Å². The van der Waals surface area contributed by atoms with Gasteiger partial charge in [0.15, 0.2) is 10.8 Å². The average molecular weight is 294 g/mol. The quantitative estimate of drug-likeness (QED) is 0.688. The van der Waals surface area contributed by atoms with Crippen molar-refractivity contribution in [3.8, 4) is 0 Å². The lowest BCUT2D eigenvalue weighted by Crippen LogP contribution is -2.03. The molecule has 1 aromatic carbocycles. The second-order valence-electron chi connectivity index (χ2n) is 3.74. The molecular formula is C13H14N2O2S2. The first kappa shape index (κ1) is 13.9. The third-order valence-electron chi connectivity index (χ3n) is 2.52. The molecule has 0 saturated heterocycles. The maximum atomic E-state index is 11.5. The van der Waals surface area contributed by atoms with Crippen molar-refractivity contribution in [2.45, 2.75) is 11.8 Å². The Labute approximate surface area is 120 Å². The van der Waals surface area contributed by atoms with Crippen LogP contribution in [0.5, 0.6) is 0 Å². The fraction of sp³-hybridized carbons (Fsp3) is 0.231. The van der Waals surface area contributed by atoms with Gasteiger partial charge in [-0.25, -0.2) is 9.78 Å². The molecule has 0 radical (unpaired) electrons. The minimum Gasteiger partial charge on any atom is -0.464 e. The van der Waals surface area contributed by atoms with E-state index in [4.69, 9.17) is 4.74 Å². The van der Waals surface area contributed by atoms with Gasteiger partial charge in [0.2, 0.25) is 0 Å². The number of rotatable bonds is 4. The second-order valence-corrected chi connectivity index (χ2v) is 5.79. The summed E-state index contributed by atoms with van der Waals surface area (Å²) in [7, 11) is 1.36. The number of ether oxygens (including phenoxy) is 1. The van der Waals surface area contributed by atoms with Gasteiger partial charge in [-0.1, -0.05) is 12.1 Å². The maximum absolute atomic E-state index is 11.5. The number of esters is 1.